The molecule has 0 amide bonds. The Hall–Kier alpha value is -0.740. The molecule has 0 aromatic carbocycles. The summed E-state index contributed by atoms with van der Waals surface area (Å²) in [5, 5.41) is 4.10. The Morgan fingerprint density at radius 1 is 1.47 bits per heavy atom. The van der Waals surface area contributed by atoms with Crippen LogP contribution in [0, 0.1) is 0 Å². The van der Waals surface area contributed by atoms with Crippen LogP contribution in [-0.4, -0.2) is 27.5 Å². The van der Waals surface area contributed by atoms with Gasteiger partial charge in [0.25, 0.3) is 0 Å². The van der Waals surface area contributed by atoms with Crippen LogP contribution in [0.3, 0.4) is 0 Å². The van der Waals surface area contributed by atoms with Crippen LogP contribution in [0.1, 0.15) is 19.3 Å². The smallest absolute Gasteiger partial charge is 0.127 e. The van der Waals surface area contributed by atoms with E-state index >= 15 is 0 Å². The SMILES string of the molecule is O=[S@](C[C@@H]1CCCCN1)c1ccccn1. The largest absolute Gasteiger partial charge is 0.313 e. The molecule has 1 saturated heterocycles. The lowest BCUT2D eigenvalue weighted by atomic mass is 10.1. The maximum atomic E-state index is 11.9. The molecule has 3 nitrogen and oxygen atoms in total. The van der Waals surface area contributed by atoms with Crippen molar-refractivity contribution in [3.8, 4) is 0 Å². The van der Waals surface area contributed by atoms with E-state index in [2.05, 4.69) is 10.3 Å². The molecule has 1 aromatic rings. The first-order valence-corrected chi connectivity index (χ1v) is 6.71. The summed E-state index contributed by atoms with van der Waals surface area (Å²) in [6.45, 7) is 1.06. The first-order valence-electron chi connectivity index (χ1n) is 5.39. The minimum atomic E-state index is -0.955. The van der Waals surface area contributed by atoms with Gasteiger partial charge in [-0.3, -0.25) is 4.21 Å². The van der Waals surface area contributed by atoms with E-state index in [0.29, 0.717) is 16.8 Å². The summed E-state index contributed by atoms with van der Waals surface area (Å²) in [6, 6.07) is 5.97. The highest BCUT2D eigenvalue weighted by atomic mass is 32.2. The van der Waals surface area contributed by atoms with Crippen molar-refractivity contribution in [1.29, 1.82) is 0 Å². The number of rotatable bonds is 3. The van der Waals surface area contributed by atoms with Gasteiger partial charge in [-0.15, -0.1) is 0 Å². The molecule has 0 aliphatic carbocycles. The molecule has 1 aliphatic heterocycles. The van der Waals surface area contributed by atoms with Gasteiger partial charge in [-0.1, -0.05) is 12.5 Å². The number of nitrogens with zero attached hydrogens (tertiary/aromatic N) is 1. The highest BCUT2D eigenvalue weighted by molar-refractivity contribution is 7.85. The maximum Gasteiger partial charge on any atom is 0.127 e. The number of nitrogens with one attached hydrogen (secondary N) is 1. The Morgan fingerprint density at radius 2 is 2.40 bits per heavy atom. The second-order valence-electron chi connectivity index (χ2n) is 3.83. The van der Waals surface area contributed by atoms with Gasteiger partial charge in [0.1, 0.15) is 5.03 Å². The summed E-state index contributed by atoms with van der Waals surface area (Å²) in [5.41, 5.74) is 0. The molecule has 2 atom stereocenters. The molecule has 1 fully saturated rings. The van der Waals surface area contributed by atoms with Gasteiger partial charge in [-0.25, -0.2) is 4.98 Å². The maximum absolute atomic E-state index is 11.9. The summed E-state index contributed by atoms with van der Waals surface area (Å²) in [5.74, 6) is 0.691. The molecule has 2 rings (SSSR count). The number of hydrogen-bond donors (Lipinski definition) is 1. The van der Waals surface area contributed by atoms with E-state index in [-0.39, 0.29) is 0 Å². The number of pyridine rings is 1. The lowest BCUT2D eigenvalue weighted by molar-refractivity contribution is 0.427. The fourth-order valence-electron chi connectivity index (χ4n) is 1.82. The summed E-state index contributed by atoms with van der Waals surface area (Å²) >= 11 is 0. The van der Waals surface area contributed by atoms with Crippen molar-refractivity contribution in [2.45, 2.75) is 30.3 Å². The standard InChI is InChI=1S/C11H16N2OS/c14-15(11-6-2-4-8-13-11)9-10-5-1-3-7-12-10/h2,4,6,8,10,12H,1,3,5,7,9H2/t10-,15+/m0/s1. The van der Waals surface area contributed by atoms with E-state index in [1.54, 1.807) is 6.20 Å². The van der Waals surface area contributed by atoms with E-state index in [4.69, 9.17) is 0 Å². The third kappa shape index (κ3) is 3.11. The Kier molecular flexibility index (Phi) is 3.86. The second kappa shape index (κ2) is 5.37. The third-order valence-electron chi connectivity index (χ3n) is 2.64. The molecule has 0 spiro atoms. The Balaban J connectivity index is 1.91. The molecule has 4 heteroatoms. The van der Waals surface area contributed by atoms with Gasteiger partial charge in [-0.2, -0.15) is 0 Å². The second-order valence-corrected chi connectivity index (χ2v) is 5.27. The normalized spacial score (nSPS) is 23.6. The number of piperidine rings is 1. The lowest BCUT2D eigenvalue weighted by Gasteiger charge is -2.22. The fraction of sp³-hybridized carbons (Fsp3) is 0.545. The van der Waals surface area contributed by atoms with Gasteiger partial charge in [0.15, 0.2) is 0 Å². The molecular weight excluding hydrogens is 208 g/mol. The fourth-order valence-corrected chi connectivity index (χ4v) is 3.05. The molecular formula is C11H16N2OS. The average Bonchev–Trinajstić information content (AvgIpc) is 2.31. The highest BCUT2D eigenvalue weighted by Crippen LogP contribution is 2.10. The summed E-state index contributed by atoms with van der Waals surface area (Å²) < 4.78 is 11.9. The van der Waals surface area contributed by atoms with Crippen LogP contribution in [0.25, 0.3) is 0 Å². The molecule has 1 aromatic heterocycles. The van der Waals surface area contributed by atoms with Crippen molar-refractivity contribution in [1.82, 2.24) is 10.3 Å². The van der Waals surface area contributed by atoms with Crippen LogP contribution in [0.4, 0.5) is 0 Å². The predicted molar refractivity (Wildman–Crippen MR) is 61.2 cm³/mol. The molecule has 0 unspecified atom stereocenters. The van der Waals surface area contributed by atoms with Crippen molar-refractivity contribution < 1.29 is 4.21 Å². The summed E-state index contributed by atoms with van der Waals surface area (Å²) in [4.78, 5) is 4.12. The topological polar surface area (TPSA) is 42.0 Å². The lowest BCUT2D eigenvalue weighted by Crippen LogP contribution is -2.38. The first kappa shape index (κ1) is 10.8. The van der Waals surface area contributed by atoms with E-state index in [1.807, 2.05) is 18.2 Å². The van der Waals surface area contributed by atoms with E-state index in [0.717, 1.165) is 13.0 Å². The van der Waals surface area contributed by atoms with Gasteiger partial charge in [0.05, 0.1) is 10.8 Å². The minimum Gasteiger partial charge on any atom is -0.313 e. The predicted octanol–water partition coefficient (Wildman–Crippen LogP) is 1.33. The Morgan fingerprint density at radius 3 is 3.07 bits per heavy atom. The number of hydrogen-bond acceptors (Lipinski definition) is 3. The molecule has 2 heterocycles. The molecule has 1 N–H and O–H groups in total. The first-order chi connectivity index (χ1) is 7.36. The summed E-state index contributed by atoms with van der Waals surface area (Å²) in [7, 11) is -0.955. The van der Waals surface area contributed by atoms with Gasteiger partial charge >= 0.3 is 0 Å². The van der Waals surface area contributed by atoms with Gasteiger partial charge in [0.2, 0.25) is 0 Å². The van der Waals surface area contributed by atoms with Crippen molar-refractivity contribution >= 4 is 10.8 Å². The van der Waals surface area contributed by atoms with Crippen LogP contribution in [-0.2, 0) is 10.8 Å². The molecule has 15 heavy (non-hydrogen) atoms. The van der Waals surface area contributed by atoms with Crippen molar-refractivity contribution in [2.75, 3.05) is 12.3 Å². The van der Waals surface area contributed by atoms with Crippen LogP contribution in [0.15, 0.2) is 29.4 Å². The minimum absolute atomic E-state index is 0.404. The van der Waals surface area contributed by atoms with Crippen LogP contribution < -0.4 is 5.32 Å². The zero-order valence-corrected chi connectivity index (χ0v) is 9.50. The van der Waals surface area contributed by atoms with E-state index in [1.165, 1.54) is 12.8 Å². The van der Waals surface area contributed by atoms with Gasteiger partial charge in [0, 0.05) is 18.0 Å². The number of aromatic nitrogens is 1. The van der Waals surface area contributed by atoms with E-state index in [9.17, 15) is 4.21 Å². The van der Waals surface area contributed by atoms with Gasteiger partial charge in [-0.05, 0) is 31.5 Å². The Bertz CT molecular complexity index is 323. The van der Waals surface area contributed by atoms with Crippen molar-refractivity contribution in [2.24, 2.45) is 0 Å². The van der Waals surface area contributed by atoms with Crippen molar-refractivity contribution in [3.63, 3.8) is 0 Å². The highest BCUT2D eigenvalue weighted by Gasteiger charge is 2.16. The molecule has 0 saturated carbocycles. The zero-order chi connectivity index (χ0) is 10.5. The average molecular weight is 224 g/mol. The Labute approximate surface area is 92.8 Å². The molecule has 82 valence electrons. The monoisotopic (exact) mass is 224 g/mol. The molecule has 0 radical (unpaired) electrons. The van der Waals surface area contributed by atoms with Gasteiger partial charge < -0.3 is 5.32 Å². The molecule has 0 bridgehead atoms. The van der Waals surface area contributed by atoms with Crippen LogP contribution in [0.2, 0.25) is 0 Å². The van der Waals surface area contributed by atoms with Crippen molar-refractivity contribution in [3.05, 3.63) is 24.4 Å². The third-order valence-corrected chi connectivity index (χ3v) is 4.05. The zero-order valence-electron chi connectivity index (χ0n) is 8.69. The van der Waals surface area contributed by atoms with E-state index < -0.39 is 10.8 Å². The summed E-state index contributed by atoms with van der Waals surface area (Å²) in [6.07, 6.45) is 5.32. The molecule has 1 aliphatic rings. The van der Waals surface area contributed by atoms with Crippen LogP contribution >= 0.6 is 0 Å². The van der Waals surface area contributed by atoms with Crippen LogP contribution in [0.5, 0.6) is 0 Å². The quantitative estimate of drug-likeness (QED) is 0.842.